The molecule has 0 saturated carbocycles. The van der Waals surface area contributed by atoms with Gasteiger partial charge in [-0.25, -0.2) is 0 Å². The normalized spacial score (nSPS) is 21.6. The summed E-state index contributed by atoms with van der Waals surface area (Å²) in [7, 11) is 0. The SMILES string of the molecule is CCC1=C[C@H](CCOCc2ccccc2)O[C@@H](C)/C1=C/c1ccccc1. The van der Waals surface area contributed by atoms with Crippen LogP contribution in [0.15, 0.2) is 77.9 Å². The molecule has 1 aliphatic heterocycles. The molecule has 0 spiro atoms. The van der Waals surface area contributed by atoms with Gasteiger partial charge < -0.3 is 9.47 Å². The molecule has 2 heteroatoms. The highest BCUT2D eigenvalue weighted by atomic mass is 16.5. The first kappa shape index (κ1) is 18.6. The van der Waals surface area contributed by atoms with E-state index >= 15 is 0 Å². The molecule has 2 aromatic carbocycles. The lowest BCUT2D eigenvalue weighted by molar-refractivity contribution is 0.0113. The van der Waals surface area contributed by atoms with E-state index in [4.69, 9.17) is 9.47 Å². The predicted molar refractivity (Wildman–Crippen MR) is 108 cm³/mol. The number of benzene rings is 2. The third-order valence-electron chi connectivity index (χ3n) is 4.74. The fraction of sp³-hybridized carbons (Fsp3) is 0.333. The van der Waals surface area contributed by atoms with Crippen LogP contribution in [0.2, 0.25) is 0 Å². The van der Waals surface area contributed by atoms with E-state index in [0.29, 0.717) is 13.2 Å². The van der Waals surface area contributed by atoms with Crippen LogP contribution >= 0.6 is 0 Å². The largest absolute Gasteiger partial charge is 0.377 e. The zero-order valence-corrected chi connectivity index (χ0v) is 15.7. The van der Waals surface area contributed by atoms with E-state index in [1.807, 2.05) is 24.3 Å². The Bertz CT molecular complexity index is 731. The molecule has 0 aromatic heterocycles. The maximum absolute atomic E-state index is 6.23. The molecule has 1 aliphatic rings. The Hall–Kier alpha value is -2.16. The van der Waals surface area contributed by atoms with Crippen molar-refractivity contribution in [3.05, 3.63) is 89.0 Å². The van der Waals surface area contributed by atoms with Gasteiger partial charge in [-0.3, -0.25) is 0 Å². The molecular formula is C24H28O2. The second kappa shape index (κ2) is 9.51. The third-order valence-corrected chi connectivity index (χ3v) is 4.74. The summed E-state index contributed by atoms with van der Waals surface area (Å²) in [5.74, 6) is 0. The Labute approximate surface area is 157 Å². The van der Waals surface area contributed by atoms with Gasteiger partial charge in [0.1, 0.15) is 0 Å². The van der Waals surface area contributed by atoms with Crippen LogP contribution < -0.4 is 0 Å². The Kier molecular flexibility index (Phi) is 6.82. The summed E-state index contributed by atoms with van der Waals surface area (Å²) < 4.78 is 12.1. The van der Waals surface area contributed by atoms with Crippen LogP contribution in [0.25, 0.3) is 6.08 Å². The Morgan fingerprint density at radius 2 is 1.69 bits per heavy atom. The van der Waals surface area contributed by atoms with Gasteiger partial charge in [-0.1, -0.05) is 73.7 Å². The minimum atomic E-state index is 0.106. The summed E-state index contributed by atoms with van der Waals surface area (Å²) in [6.45, 7) is 5.73. The topological polar surface area (TPSA) is 18.5 Å². The lowest BCUT2D eigenvalue weighted by Gasteiger charge is -2.30. The Morgan fingerprint density at radius 1 is 1.00 bits per heavy atom. The lowest BCUT2D eigenvalue weighted by atomic mass is 9.92. The summed E-state index contributed by atoms with van der Waals surface area (Å²) in [5.41, 5.74) is 5.12. The minimum absolute atomic E-state index is 0.106. The Balaban J connectivity index is 1.58. The molecule has 2 aromatic rings. The maximum atomic E-state index is 6.23. The van der Waals surface area contributed by atoms with Gasteiger partial charge in [-0.2, -0.15) is 0 Å². The fourth-order valence-corrected chi connectivity index (χ4v) is 3.33. The summed E-state index contributed by atoms with van der Waals surface area (Å²) in [4.78, 5) is 0. The van der Waals surface area contributed by atoms with E-state index in [2.05, 4.69) is 62.4 Å². The first-order chi connectivity index (χ1) is 12.8. The van der Waals surface area contributed by atoms with Crippen molar-refractivity contribution in [3.63, 3.8) is 0 Å². The molecule has 2 atom stereocenters. The highest BCUT2D eigenvalue weighted by Crippen LogP contribution is 2.30. The van der Waals surface area contributed by atoms with Crippen LogP contribution in [-0.2, 0) is 16.1 Å². The number of rotatable bonds is 7. The average molecular weight is 348 g/mol. The van der Waals surface area contributed by atoms with Crippen LogP contribution in [0.3, 0.4) is 0 Å². The molecule has 2 nitrogen and oxygen atoms in total. The van der Waals surface area contributed by atoms with Crippen molar-refractivity contribution >= 4 is 6.08 Å². The Morgan fingerprint density at radius 3 is 2.38 bits per heavy atom. The maximum Gasteiger partial charge on any atom is 0.0807 e. The second-order valence-electron chi connectivity index (χ2n) is 6.70. The third kappa shape index (κ3) is 5.17. The number of hydrogen-bond acceptors (Lipinski definition) is 2. The summed E-state index contributed by atoms with van der Waals surface area (Å²) in [6.07, 6.45) is 6.67. The highest BCUT2D eigenvalue weighted by molar-refractivity contribution is 5.60. The molecule has 1 heterocycles. The van der Waals surface area contributed by atoms with Gasteiger partial charge in [-0.05, 0) is 41.7 Å². The van der Waals surface area contributed by atoms with Crippen molar-refractivity contribution in [2.45, 2.75) is 45.5 Å². The molecule has 0 aliphatic carbocycles. The van der Waals surface area contributed by atoms with Crippen LogP contribution in [0.5, 0.6) is 0 Å². The van der Waals surface area contributed by atoms with Gasteiger partial charge in [0.05, 0.1) is 18.8 Å². The molecule has 136 valence electrons. The summed E-state index contributed by atoms with van der Waals surface area (Å²) in [5, 5.41) is 0. The molecular weight excluding hydrogens is 320 g/mol. The van der Waals surface area contributed by atoms with Crippen LogP contribution in [0.4, 0.5) is 0 Å². The molecule has 0 fully saturated rings. The highest BCUT2D eigenvalue weighted by Gasteiger charge is 2.23. The van der Waals surface area contributed by atoms with E-state index in [9.17, 15) is 0 Å². The van der Waals surface area contributed by atoms with Crippen LogP contribution in [0.1, 0.15) is 37.8 Å². The molecule has 26 heavy (non-hydrogen) atoms. The van der Waals surface area contributed by atoms with Crippen molar-refractivity contribution in [1.82, 2.24) is 0 Å². The monoisotopic (exact) mass is 348 g/mol. The van der Waals surface area contributed by atoms with E-state index in [1.54, 1.807) is 0 Å². The molecule has 0 radical (unpaired) electrons. The van der Waals surface area contributed by atoms with Gasteiger partial charge in [0.15, 0.2) is 0 Å². The van der Waals surface area contributed by atoms with Gasteiger partial charge in [0, 0.05) is 13.0 Å². The predicted octanol–water partition coefficient (Wildman–Crippen LogP) is 5.80. The van der Waals surface area contributed by atoms with Crippen molar-refractivity contribution in [2.24, 2.45) is 0 Å². The molecule has 0 saturated heterocycles. The van der Waals surface area contributed by atoms with Gasteiger partial charge in [0.2, 0.25) is 0 Å². The van der Waals surface area contributed by atoms with Crippen molar-refractivity contribution in [3.8, 4) is 0 Å². The first-order valence-electron chi connectivity index (χ1n) is 9.51. The molecule has 0 amide bonds. The second-order valence-corrected chi connectivity index (χ2v) is 6.70. The first-order valence-corrected chi connectivity index (χ1v) is 9.51. The van der Waals surface area contributed by atoms with Crippen molar-refractivity contribution in [1.29, 1.82) is 0 Å². The summed E-state index contributed by atoms with van der Waals surface area (Å²) >= 11 is 0. The van der Waals surface area contributed by atoms with Crippen LogP contribution in [0, 0.1) is 0 Å². The summed E-state index contributed by atoms with van der Waals surface area (Å²) in [6, 6.07) is 20.8. The average Bonchev–Trinajstić information content (AvgIpc) is 2.68. The number of ether oxygens (including phenoxy) is 2. The quantitative estimate of drug-likeness (QED) is 0.589. The lowest BCUT2D eigenvalue weighted by Crippen LogP contribution is -2.27. The zero-order chi connectivity index (χ0) is 18.2. The molecule has 0 bridgehead atoms. The molecule has 3 rings (SSSR count). The van der Waals surface area contributed by atoms with Gasteiger partial charge in [-0.15, -0.1) is 0 Å². The standard InChI is InChI=1S/C24H28O2/c1-3-22-17-23(14-15-25-18-21-12-8-5-9-13-21)26-19(2)24(22)16-20-10-6-4-7-11-20/h4-13,16-17,19,23H,3,14-15,18H2,1-2H3/b24-16-/t19-,23-/m0/s1. The van der Waals surface area contributed by atoms with Crippen molar-refractivity contribution in [2.75, 3.05) is 6.61 Å². The van der Waals surface area contributed by atoms with Gasteiger partial charge in [0.25, 0.3) is 0 Å². The minimum Gasteiger partial charge on any atom is -0.377 e. The van der Waals surface area contributed by atoms with E-state index in [-0.39, 0.29) is 12.2 Å². The smallest absolute Gasteiger partial charge is 0.0807 e. The van der Waals surface area contributed by atoms with E-state index in [1.165, 1.54) is 22.3 Å². The fourth-order valence-electron chi connectivity index (χ4n) is 3.33. The van der Waals surface area contributed by atoms with Gasteiger partial charge >= 0.3 is 0 Å². The van der Waals surface area contributed by atoms with E-state index < -0.39 is 0 Å². The molecule has 0 unspecified atom stereocenters. The van der Waals surface area contributed by atoms with Crippen molar-refractivity contribution < 1.29 is 9.47 Å². The van der Waals surface area contributed by atoms with E-state index in [0.717, 1.165) is 12.8 Å². The molecule has 0 N–H and O–H groups in total. The van der Waals surface area contributed by atoms with Crippen LogP contribution in [-0.4, -0.2) is 18.8 Å². The zero-order valence-electron chi connectivity index (χ0n) is 15.7. The number of hydrogen-bond donors (Lipinski definition) is 0.